The second-order valence-corrected chi connectivity index (χ2v) is 4.50. The largest absolute Gasteiger partial charge is 0.381 e. The summed E-state index contributed by atoms with van der Waals surface area (Å²) < 4.78 is 5.32. The number of nitriles is 1. The fourth-order valence-corrected chi connectivity index (χ4v) is 2.08. The van der Waals surface area contributed by atoms with Crippen LogP contribution in [0.3, 0.4) is 0 Å². The summed E-state index contributed by atoms with van der Waals surface area (Å²) in [7, 11) is 0. The van der Waals surface area contributed by atoms with Crippen LogP contribution < -0.4 is 5.32 Å². The van der Waals surface area contributed by atoms with E-state index in [0.717, 1.165) is 38.5 Å². The Hall–Kier alpha value is -1.64. The number of morpholine rings is 1. The van der Waals surface area contributed by atoms with Crippen LogP contribution in [0, 0.1) is 11.3 Å². The molecular weight excluding hydrogens is 228 g/mol. The molecule has 0 aliphatic carbocycles. The van der Waals surface area contributed by atoms with E-state index in [4.69, 9.17) is 10.00 Å². The first-order chi connectivity index (χ1) is 8.78. The molecule has 1 aliphatic rings. The first-order valence-electron chi connectivity index (χ1n) is 6.21. The van der Waals surface area contributed by atoms with E-state index in [-0.39, 0.29) is 0 Å². The smallest absolute Gasteiger partial charge is 0.142 e. The monoisotopic (exact) mass is 246 g/mol. The molecule has 1 aromatic rings. The van der Waals surface area contributed by atoms with Crippen LogP contribution in [0.5, 0.6) is 0 Å². The van der Waals surface area contributed by atoms with Crippen molar-refractivity contribution in [2.75, 3.05) is 38.2 Å². The summed E-state index contributed by atoms with van der Waals surface area (Å²) in [5, 5.41) is 12.2. The average Bonchev–Trinajstić information content (AvgIpc) is 2.40. The number of ether oxygens (including phenoxy) is 1. The summed E-state index contributed by atoms with van der Waals surface area (Å²) in [6.07, 6.45) is 1.66. The van der Waals surface area contributed by atoms with Crippen LogP contribution in [0.4, 0.5) is 5.69 Å². The molecule has 0 bridgehead atoms. The molecule has 1 unspecified atom stereocenters. The molecule has 0 amide bonds. The van der Waals surface area contributed by atoms with E-state index in [1.165, 1.54) is 0 Å². The van der Waals surface area contributed by atoms with Gasteiger partial charge >= 0.3 is 0 Å². The first-order valence-corrected chi connectivity index (χ1v) is 6.21. The highest BCUT2D eigenvalue weighted by molar-refractivity contribution is 5.46. The van der Waals surface area contributed by atoms with E-state index in [1.807, 2.05) is 12.1 Å². The minimum Gasteiger partial charge on any atom is -0.381 e. The molecule has 1 fully saturated rings. The summed E-state index contributed by atoms with van der Waals surface area (Å²) >= 11 is 0. The quantitative estimate of drug-likeness (QED) is 0.861. The number of rotatable bonds is 4. The Morgan fingerprint density at radius 3 is 3.06 bits per heavy atom. The number of hydrogen-bond donors (Lipinski definition) is 1. The van der Waals surface area contributed by atoms with Gasteiger partial charge in [0, 0.05) is 37.6 Å². The van der Waals surface area contributed by atoms with Gasteiger partial charge in [-0.1, -0.05) is 0 Å². The zero-order valence-corrected chi connectivity index (χ0v) is 10.6. The van der Waals surface area contributed by atoms with Crippen molar-refractivity contribution in [3.05, 3.63) is 24.0 Å². The summed E-state index contributed by atoms with van der Waals surface area (Å²) in [4.78, 5) is 6.34. The maximum Gasteiger partial charge on any atom is 0.142 e. The van der Waals surface area contributed by atoms with Gasteiger partial charge in [0.05, 0.1) is 13.2 Å². The van der Waals surface area contributed by atoms with Crippen molar-refractivity contribution in [1.29, 1.82) is 5.26 Å². The third-order valence-corrected chi connectivity index (χ3v) is 2.92. The molecule has 1 aromatic heterocycles. The summed E-state index contributed by atoms with van der Waals surface area (Å²) in [5.41, 5.74) is 1.39. The van der Waals surface area contributed by atoms with Crippen molar-refractivity contribution in [1.82, 2.24) is 9.88 Å². The van der Waals surface area contributed by atoms with Gasteiger partial charge in [-0.2, -0.15) is 5.26 Å². The average molecular weight is 246 g/mol. The van der Waals surface area contributed by atoms with Gasteiger partial charge in [-0.3, -0.25) is 4.90 Å². The third kappa shape index (κ3) is 3.69. The summed E-state index contributed by atoms with van der Waals surface area (Å²) in [6, 6.07) is 6.03. The van der Waals surface area contributed by atoms with E-state index in [0.29, 0.717) is 11.7 Å². The fraction of sp³-hybridized carbons (Fsp3) is 0.538. The third-order valence-electron chi connectivity index (χ3n) is 2.92. The van der Waals surface area contributed by atoms with Crippen LogP contribution in [0.15, 0.2) is 18.3 Å². The first kappa shape index (κ1) is 12.8. The maximum absolute atomic E-state index is 8.79. The maximum atomic E-state index is 8.79. The molecule has 0 aromatic carbocycles. The van der Waals surface area contributed by atoms with Gasteiger partial charge in [0.15, 0.2) is 0 Å². The number of hydrogen-bond acceptors (Lipinski definition) is 5. The molecule has 1 saturated heterocycles. The molecule has 2 rings (SSSR count). The summed E-state index contributed by atoms with van der Waals surface area (Å²) in [6.45, 7) is 6.74. The Kier molecular flexibility index (Phi) is 4.51. The predicted molar refractivity (Wildman–Crippen MR) is 69.3 cm³/mol. The zero-order valence-electron chi connectivity index (χ0n) is 10.6. The Morgan fingerprint density at radius 2 is 2.33 bits per heavy atom. The van der Waals surface area contributed by atoms with Crippen molar-refractivity contribution in [2.45, 2.75) is 13.0 Å². The van der Waals surface area contributed by atoms with Crippen LogP contribution in [0.25, 0.3) is 0 Å². The number of aromatic nitrogens is 1. The topological polar surface area (TPSA) is 61.2 Å². The van der Waals surface area contributed by atoms with Crippen LogP contribution in [0.2, 0.25) is 0 Å². The second kappa shape index (κ2) is 6.34. The van der Waals surface area contributed by atoms with Crippen molar-refractivity contribution < 1.29 is 4.74 Å². The standard InChI is InChI=1S/C13H18N4O/c1-11(10-17-4-6-18-7-5-17)16-12-2-3-15-13(8-12)9-14/h2-3,8,11H,4-7,10H2,1H3,(H,15,16). The van der Waals surface area contributed by atoms with E-state index < -0.39 is 0 Å². The molecule has 0 spiro atoms. The highest BCUT2D eigenvalue weighted by Crippen LogP contribution is 2.10. The number of nitrogens with zero attached hydrogens (tertiary/aromatic N) is 3. The molecule has 1 atom stereocenters. The minimum absolute atomic E-state index is 0.331. The Labute approximate surface area is 107 Å². The Balaban J connectivity index is 1.86. The Bertz CT molecular complexity index is 423. The molecular formula is C13H18N4O. The Morgan fingerprint density at radius 1 is 1.56 bits per heavy atom. The number of pyridine rings is 1. The van der Waals surface area contributed by atoms with Gasteiger partial charge in [0.2, 0.25) is 0 Å². The van der Waals surface area contributed by atoms with Crippen molar-refractivity contribution >= 4 is 5.69 Å². The van der Waals surface area contributed by atoms with Gasteiger partial charge in [0.25, 0.3) is 0 Å². The molecule has 18 heavy (non-hydrogen) atoms. The van der Waals surface area contributed by atoms with Crippen LogP contribution in [-0.2, 0) is 4.74 Å². The minimum atomic E-state index is 0.331. The normalized spacial score (nSPS) is 18.0. The lowest BCUT2D eigenvalue weighted by atomic mass is 10.2. The van der Waals surface area contributed by atoms with E-state index in [2.05, 4.69) is 22.1 Å². The lowest BCUT2D eigenvalue weighted by Crippen LogP contribution is -2.42. The van der Waals surface area contributed by atoms with E-state index in [9.17, 15) is 0 Å². The van der Waals surface area contributed by atoms with E-state index in [1.54, 1.807) is 12.3 Å². The van der Waals surface area contributed by atoms with E-state index >= 15 is 0 Å². The van der Waals surface area contributed by atoms with Gasteiger partial charge in [0.1, 0.15) is 11.8 Å². The lowest BCUT2D eigenvalue weighted by molar-refractivity contribution is 0.0368. The number of anilines is 1. The van der Waals surface area contributed by atoms with Gasteiger partial charge in [-0.15, -0.1) is 0 Å². The zero-order chi connectivity index (χ0) is 12.8. The molecule has 96 valence electrons. The van der Waals surface area contributed by atoms with Crippen molar-refractivity contribution in [3.8, 4) is 6.07 Å². The van der Waals surface area contributed by atoms with Gasteiger partial charge < -0.3 is 10.1 Å². The highest BCUT2D eigenvalue weighted by Gasteiger charge is 2.13. The highest BCUT2D eigenvalue weighted by atomic mass is 16.5. The molecule has 1 aliphatic heterocycles. The van der Waals surface area contributed by atoms with Gasteiger partial charge in [-0.25, -0.2) is 4.98 Å². The van der Waals surface area contributed by atoms with Crippen molar-refractivity contribution in [3.63, 3.8) is 0 Å². The molecule has 2 heterocycles. The molecule has 5 nitrogen and oxygen atoms in total. The predicted octanol–water partition coefficient (Wildman–Crippen LogP) is 1.09. The van der Waals surface area contributed by atoms with Crippen LogP contribution in [0.1, 0.15) is 12.6 Å². The van der Waals surface area contributed by atoms with Crippen LogP contribution in [-0.4, -0.2) is 48.8 Å². The summed E-state index contributed by atoms with van der Waals surface area (Å²) in [5.74, 6) is 0. The SMILES string of the molecule is CC(CN1CCOCC1)Nc1ccnc(C#N)c1. The molecule has 1 N–H and O–H groups in total. The molecule has 0 saturated carbocycles. The fourth-order valence-electron chi connectivity index (χ4n) is 2.08. The van der Waals surface area contributed by atoms with Gasteiger partial charge in [-0.05, 0) is 19.1 Å². The molecule has 5 heteroatoms. The van der Waals surface area contributed by atoms with Crippen molar-refractivity contribution in [2.24, 2.45) is 0 Å². The van der Waals surface area contributed by atoms with Crippen LogP contribution >= 0.6 is 0 Å². The second-order valence-electron chi connectivity index (χ2n) is 4.50. The lowest BCUT2D eigenvalue weighted by Gasteiger charge is -2.29. The number of nitrogens with one attached hydrogen (secondary N) is 1. The molecule has 0 radical (unpaired) electrons.